The quantitative estimate of drug-likeness (QED) is 0.683. The zero-order chi connectivity index (χ0) is 20.3. The Balaban J connectivity index is 1.82. The van der Waals surface area contributed by atoms with Gasteiger partial charge in [-0.05, 0) is 26.3 Å². The molecular formula is C17H20N6O5. The number of rotatable bonds is 6. The van der Waals surface area contributed by atoms with Crippen LogP contribution in [0.5, 0.6) is 0 Å². The maximum atomic E-state index is 12.3. The summed E-state index contributed by atoms with van der Waals surface area (Å²) in [5.41, 5.74) is 1.14. The molecule has 3 heterocycles. The molecule has 148 valence electrons. The Kier molecular flexibility index (Phi) is 5.52. The summed E-state index contributed by atoms with van der Waals surface area (Å²) < 4.78 is 11.7. The third-order valence-electron chi connectivity index (χ3n) is 4.11. The molecule has 0 aromatic carbocycles. The van der Waals surface area contributed by atoms with E-state index in [2.05, 4.69) is 25.7 Å². The zero-order valence-electron chi connectivity index (χ0n) is 15.7. The van der Waals surface area contributed by atoms with Gasteiger partial charge in [-0.3, -0.25) is 0 Å². The predicted molar refractivity (Wildman–Crippen MR) is 95.2 cm³/mol. The molecule has 2 aromatic rings. The summed E-state index contributed by atoms with van der Waals surface area (Å²) in [5, 5.41) is 9.22. The third kappa shape index (κ3) is 3.77. The van der Waals surface area contributed by atoms with Gasteiger partial charge in [-0.1, -0.05) is 6.92 Å². The minimum Gasteiger partial charge on any atom is -0.463 e. The molecule has 0 saturated heterocycles. The summed E-state index contributed by atoms with van der Waals surface area (Å²) in [5.74, 6) is -1.30. The van der Waals surface area contributed by atoms with Gasteiger partial charge in [0.05, 0.1) is 23.9 Å². The molecule has 1 aliphatic rings. The first kappa shape index (κ1) is 19.3. The largest absolute Gasteiger partial charge is 0.463 e. The third-order valence-corrected chi connectivity index (χ3v) is 4.11. The van der Waals surface area contributed by atoms with E-state index in [-0.39, 0.29) is 36.1 Å². The number of fused-ring (bicyclic) bond motifs is 1. The second kappa shape index (κ2) is 8.03. The molecule has 2 amide bonds. The highest BCUT2D eigenvalue weighted by Crippen LogP contribution is 2.17. The van der Waals surface area contributed by atoms with Crippen LogP contribution in [0, 0.1) is 6.92 Å². The highest BCUT2D eigenvalue weighted by molar-refractivity contribution is 5.95. The van der Waals surface area contributed by atoms with Gasteiger partial charge in [0.25, 0.3) is 11.6 Å². The number of hydrogen-bond donors (Lipinski definition) is 2. The molecule has 0 radical (unpaired) electrons. The van der Waals surface area contributed by atoms with Crippen molar-refractivity contribution in [1.82, 2.24) is 30.2 Å². The molecule has 0 aliphatic carbocycles. The van der Waals surface area contributed by atoms with Crippen LogP contribution >= 0.6 is 0 Å². The Hall–Kier alpha value is -3.50. The number of aryl methyl sites for hydroxylation is 1. The van der Waals surface area contributed by atoms with E-state index in [0.717, 1.165) is 5.69 Å². The Labute approximate surface area is 160 Å². The van der Waals surface area contributed by atoms with Crippen molar-refractivity contribution in [3.63, 3.8) is 0 Å². The van der Waals surface area contributed by atoms with E-state index in [1.807, 2.05) is 6.92 Å². The molecule has 0 bridgehead atoms. The van der Waals surface area contributed by atoms with Crippen molar-refractivity contribution in [3.05, 3.63) is 35.1 Å². The summed E-state index contributed by atoms with van der Waals surface area (Å²) in [6, 6.07) is 0.696. The molecule has 28 heavy (non-hydrogen) atoms. The SMILES string of the molecule is CCOC(=O)C1=C(COC(=O)c2nc3nccc(C)n3n2)NC(=O)NC1CC. The summed E-state index contributed by atoms with van der Waals surface area (Å²) in [6.45, 7) is 5.13. The number of urea groups is 1. The van der Waals surface area contributed by atoms with Crippen LogP contribution in [0.25, 0.3) is 5.78 Å². The Morgan fingerprint density at radius 2 is 2.04 bits per heavy atom. The van der Waals surface area contributed by atoms with E-state index >= 15 is 0 Å². The molecule has 11 nitrogen and oxygen atoms in total. The van der Waals surface area contributed by atoms with E-state index in [4.69, 9.17) is 9.47 Å². The van der Waals surface area contributed by atoms with Gasteiger partial charge < -0.3 is 20.1 Å². The fourth-order valence-electron chi connectivity index (χ4n) is 2.77. The lowest BCUT2D eigenvalue weighted by molar-refractivity contribution is -0.139. The number of nitrogens with one attached hydrogen (secondary N) is 2. The van der Waals surface area contributed by atoms with E-state index in [1.54, 1.807) is 26.1 Å². The highest BCUT2D eigenvalue weighted by atomic mass is 16.5. The van der Waals surface area contributed by atoms with Crippen molar-refractivity contribution in [2.75, 3.05) is 13.2 Å². The lowest BCUT2D eigenvalue weighted by atomic mass is 10.0. The average Bonchev–Trinajstić information content (AvgIpc) is 3.11. The summed E-state index contributed by atoms with van der Waals surface area (Å²) in [6.07, 6.45) is 2.03. The van der Waals surface area contributed by atoms with Crippen molar-refractivity contribution < 1.29 is 23.9 Å². The molecule has 0 saturated carbocycles. The fourth-order valence-corrected chi connectivity index (χ4v) is 2.77. The maximum Gasteiger partial charge on any atom is 0.378 e. The van der Waals surface area contributed by atoms with Crippen LogP contribution in [0.3, 0.4) is 0 Å². The van der Waals surface area contributed by atoms with Crippen LogP contribution in [0.15, 0.2) is 23.5 Å². The molecule has 1 atom stereocenters. The van der Waals surface area contributed by atoms with Crippen molar-refractivity contribution in [1.29, 1.82) is 0 Å². The number of hydrogen-bond acceptors (Lipinski definition) is 8. The van der Waals surface area contributed by atoms with E-state index in [9.17, 15) is 14.4 Å². The van der Waals surface area contributed by atoms with Gasteiger partial charge in [-0.2, -0.15) is 4.98 Å². The normalized spacial score (nSPS) is 16.5. The Bertz CT molecular complexity index is 966. The first-order valence-electron chi connectivity index (χ1n) is 8.77. The standard InChI is InChI=1S/C17H20N6O5/c1-4-10-12(14(24)27-5-2)11(20-17(26)19-10)8-28-15(25)13-21-16-18-7-6-9(3)23(16)22-13/h6-7,10H,4-5,8H2,1-3H3,(H2,19,20,26). The fraction of sp³-hybridized carbons (Fsp3) is 0.412. The topological polar surface area (TPSA) is 137 Å². The molecule has 0 spiro atoms. The smallest absolute Gasteiger partial charge is 0.378 e. The minimum absolute atomic E-state index is 0.167. The molecule has 2 N–H and O–H groups in total. The summed E-state index contributed by atoms with van der Waals surface area (Å²) in [7, 11) is 0. The number of esters is 2. The number of aromatic nitrogens is 4. The molecule has 0 fully saturated rings. The zero-order valence-corrected chi connectivity index (χ0v) is 15.7. The number of carbonyl (C=O) groups is 3. The van der Waals surface area contributed by atoms with Gasteiger partial charge in [-0.15, -0.1) is 5.10 Å². The molecular weight excluding hydrogens is 368 g/mol. The van der Waals surface area contributed by atoms with Gasteiger partial charge in [0.2, 0.25) is 0 Å². The first-order valence-corrected chi connectivity index (χ1v) is 8.77. The van der Waals surface area contributed by atoms with E-state index < -0.39 is 24.0 Å². The van der Waals surface area contributed by atoms with Crippen molar-refractivity contribution in [3.8, 4) is 0 Å². The lowest BCUT2D eigenvalue weighted by Crippen LogP contribution is -2.51. The van der Waals surface area contributed by atoms with Gasteiger partial charge >= 0.3 is 18.0 Å². The van der Waals surface area contributed by atoms with Gasteiger partial charge in [0.1, 0.15) is 6.61 Å². The predicted octanol–water partition coefficient (Wildman–Crippen LogP) is 0.498. The second-order valence-electron chi connectivity index (χ2n) is 5.98. The second-order valence-corrected chi connectivity index (χ2v) is 5.98. The van der Waals surface area contributed by atoms with Crippen LogP contribution in [-0.2, 0) is 14.3 Å². The number of ether oxygens (including phenoxy) is 2. The summed E-state index contributed by atoms with van der Waals surface area (Å²) >= 11 is 0. The van der Waals surface area contributed by atoms with E-state index in [1.165, 1.54) is 4.52 Å². The first-order chi connectivity index (χ1) is 13.4. The van der Waals surface area contributed by atoms with Gasteiger partial charge in [0.15, 0.2) is 0 Å². The van der Waals surface area contributed by atoms with Crippen LogP contribution in [0.2, 0.25) is 0 Å². The van der Waals surface area contributed by atoms with Crippen LogP contribution in [-0.4, -0.2) is 56.8 Å². The molecule has 1 unspecified atom stereocenters. The number of amides is 2. The number of carbonyl (C=O) groups excluding carboxylic acids is 3. The molecule has 11 heteroatoms. The monoisotopic (exact) mass is 388 g/mol. The Morgan fingerprint density at radius 1 is 1.25 bits per heavy atom. The van der Waals surface area contributed by atoms with Crippen molar-refractivity contribution in [2.45, 2.75) is 33.2 Å². The number of nitrogens with zero attached hydrogens (tertiary/aromatic N) is 4. The molecule has 3 rings (SSSR count). The molecule has 1 aliphatic heterocycles. The molecule has 2 aromatic heterocycles. The van der Waals surface area contributed by atoms with Crippen molar-refractivity contribution in [2.24, 2.45) is 0 Å². The maximum absolute atomic E-state index is 12.3. The van der Waals surface area contributed by atoms with E-state index in [0.29, 0.717) is 6.42 Å². The van der Waals surface area contributed by atoms with Crippen molar-refractivity contribution >= 4 is 23.7 Å². The van der Waals surface area contributed by atoms with Gasteiger partial charge in [0, 0.05) is 11.9 Å². The summed E-state index contributed by atoms with van der Waals surface area (Å²) in [4.78, 5) is 44.6. The lowest BCUT2D eigenvalue weighted by Gasteiger charge is -2.28. The van der Waals surface area contributed by atoms with Gasteiger partial charge in [-0.25, -0.2) is 23.9 Å². The van der Waals surface area contributed by atoms with Crippen LogP contribution < -0.4 is 10.6 Å². The average molecular weight is 388 g/mol. The van der Waals surface area contributed by atoms with Crippen LogP contribution in [0.1, 0.15) is 36.6 Å². The van der Waals surface area contributed by atoms with Crippen LogP contribution in [0.4, 0.5) is 4.79 Å². The minimum atomic E-state index is -0.804. The highest BCUT2D eigenvalue weighted by Gasteiger charge is 2.32. The Morgan fingerprint density at radius 3 is 2.71 bits per heavy atom.